The number of aliphatic imine (C=N–C) groups is 1. The number of rotatable bonds is 3. The Balaban J connectivity index is 1.94. The van der Waals surface area contributed by atoms with Crippen molar-refractivity contribution in [1.29, 1.82) is 0 Å². The van der Waals surface area contributed by atoms with Gasteiger partial charge in [0.2, 0.25) is 0 Å². The number of aromatic nitrogens is 2. The third kappa shape index (κ3) is 3.13. The van der Waals surface area contributed by atoms with Crippen LogP contribution < -0.4 is 0 Å². The molecule has 2 heterocycles. The number of carbonyl (C=O) groups excluding carboxylic acids is 1. The zero-order chi connectivity index (χ0) is 19.0. The van der Waals surface area contributed by atoms with Gasteiger partial charge in [0.15, 0.2) is 5.69 Å². The summed E-state index contributed by atoms with van der Waals surface area (Å²) in [6.45, 7) is 2.31. The monoisotopic (exact) mass is 399 g/mol. The molecule has 0 amide bonds. The molecule has 0 saturated carbocycles. The van der Waals surface area contributed by atoms with Gasteiger partial charge in [-0.15, -0.1) is 0 Å². The highest BCUT2D eigenvalue weighted by molar-refractivity contribution is 6.36. The minimum absolute atomic E-state index is 0.265. The SMILES string of the molecule is CCOC(=O)c1ncn2c1CN=C(c1ccccc1Cl)c1cc(Cl)ccc1-2. The zero-order valence-corrected chi connectivity index (χ0v) is 16.0. The highest BCUT2D eigenvalue weighted by Gasteiger charge is 2.25. The van der Waals surface area contributed by atoms with Gasteiger partial charge in [0.1, 0.15) is 6.33 Å². The molecular formula is C20H15Cl2N3O2. The molecule has 4 rings (SSSR count). The van der Waals surface area contributed by atoms with Crippen molar-refractivity contribution in [2.75, 3.05) is 6.61 Å². The van der Waals surface area contributed by atoms with Crippen LogP contribution in [0.2, 0.25) is 10.0 Å². The van der Waals surface area contributed by atoms with Crippen LogP contribution in [0.1, 0.15) is 34.2 Å². The molecule has 0 spiro atoms. The lowest BCUT2D eigenvalue weighted by Crippen LogP contribution is -2.09. The van der Waals surface area contributed by atoms with E-state index in [1.807, 2.05) is 41.0 Å². The van der Waals surface area contributed by atoms with Gasteiger partial charge in [0, 0.05) is 21.2 Å². The Morgan fingerprint density at radius 1 is 1.19 bits per heavy atom. The Morgan fingerprint density at radius 3 is 2.78 bits per heavy atom. The molecule has 2 aromatic carbocycles. The van der Waals surface area contributed by atoms with Crippen molar-refractivity contribution in [3.8, 4) is 5.69 Å². The van der Waals surface area contributed by atoms with E-state index < -0.39 is 5.97 Å². The number of imidazole rings is 1. The second-order valence-electron chi connectivity index (χ2n) is 5.94. The summed E-state index contributed by atoms with van der Waals surface area (Å²) in [5.41, 5.74) is 4.10. The smallest absolute Gasteiger partial charge is 0.358 e. The first-order valence-corrected chi connectivity index (χ1v) is 9.18. The summed E-state index contributed by atoms with van der Waals surface area (Å²) < 4.78 is 6.98. The van der Waals surface area contributed by atoms with E-state index in [0.29, 0.717) is 15.7 Å². The molecular weight excluding hydrogens is 385 g/mol. The summed E-state index contributed by atoms with van der Waals surface area (Å²) in [5.74, 6) is -0.460. The molecule has 0 aliphatic carbocycles. The summed E-state index contributed by atoms with van der Waals surface area (Å²) in [4.78, 5) is 21.3. The summed E-state index contributed by atoms with van der Waals surface area (Å²) in [6.07, 6.45) is 1.61. The molecule has 1 aliphatic heterocycles. The zero-order valence-electron chi connectivity index (χ0n) is 14.4. The third-order valence-corrected chi connectivity index (χ3v) is 4.89. The number of halogens is 2. The van der Waals surface area contributed by atoms with Crippen molar-refractivity contribution in [1.82, 2.24) is 9.55 Å². The van der Waals surface area contributed by atoms with Gasteiger partial charge >= 0.3 is 5.97 Å². The first-order valence-electron chi connectivity index (χ1n) is 8.43. The normalized spacial score (nSPS) is 12.6. The molecule has 0 N–H and O–H groups in total. The minimum Gasteiger partial charge on any atom is -0.461 e. The number of esters is 1. The minimum atomic E-state index is -0.460. The first kappa shape index (κ1) is 17.8. The van der Waals surface area contributed by atoms with Crippen LogP contribution in [0.5, 0.6) is 0 Å². The highest BCUT2D eigenvalue weighted by atomic mass is 35.5. The molecule has 0 saturated heterocycles. The van der Waals surface area contributed by atoms with Crippen molar-refractivity contribution in [3.63, 3.8) is 0 Å². The maximum atomic E-state index is 12.3. The van der Waals surface area contributed by atoms with E-state index in [2.05, 4.69) is 4.98 Å². The van der Waals surface area contributed by atoms with E-state index in [-0.39, 0.29) is 18.8 Å². The number of hydrogen-bond donors (Lipinski definition) is 0. The fourth-order valence-corrected chi connectivity index (χ4v) is 3.53. The molecule has 0 radical (unpaired) electrons. The van der Waals surface area contributed by atoms with Crippen molar-refractivity contribution >= 4 is 34.9 Å². The standard InChI is InChI=1S/C20H15Cl2N3O2/c1-2-27-20(26)19-17-10-23-18(13-5-3-4-6-15(13)22)14-9-12(21)7-8-16(14)25(17)11-24-19/h3-9,11H,2,10H2,1H3. The van der Waals surface area contributed by atoms with Crippen molar-refractivity contribution < 1.29 is 9.53 Å². The summed E-state index contributed by atoms with van der Waals surface area (Å²) >= 11 is 12.7. The van der Waals surface area contributed by atoms with E-state index in [1.54, 1.807) is 19.3 Å². The van der Waals surface area contributed by atoms with Gasteiger partial charge in [-0.3, -0.25) is 9.56 Å². The number of ether oxygens (including phenoxy) is 1. The Labute approximate surface area is 166 Å². The second kappa shape index (κ2) is 7.18. The van der Waals surface area contributed by atoms with Gasteiger partial charge in [0.05, 0.1) is 30.2 Å². The van der Waals surface area contributed by atoms with Crippen LogP contribution in [-0.4, -0.2) is 27.8 Å². The van der Waals surface area contributed by atoms with Crippen molar-refractivity contribution in [3.05, 3.63) is 81.4 Å². The van der Waals surface area contributed by atoms with Gasteiger partial charge < -0.3 is 4.74 Å². The van der Waals surface area contributed by atoms with Gasteiger partial charge in [-0.25, -0.2) is 9.78 Å². The van der Waals surface area contributed by atoms with Crippen LogP contribution in [0.25, 0.3) is 5.69 Å². The Morgan fingerprint density at radius 2 is 2.00 bits per heavy atom. The predicted molar refractivity (Wildman–Crippen MR) is 105 cm³/mol. The van der Waals surface area contributed by atoms with Gasteiger partial charge in [-0.2, -0.15) is 0 Å². The number of benzene rings is 2. The number of hydrogen-bond acceptors (Lipinski definition) is 4. The molecule has 0 unspecified atom stereocenters. The molecule has 5 nitrogen and oxygen atoms in total. The maximum Gasteiger partial charge on any atom is 0.358 e. The molecule has 1 aliphatic rings. The molecule has 0 bridgehead atoms. The molecule has 136 valence electrons. The number of nitrogens with zero attached hydrogens (tertiary/aromatic N) is 3. The average molecular weight is 400 g/mol. The lowest BCUT2D eigenvalue weighted by Gasteiger charge is -2.13. The van der Waals surface area contributed by atoms with Gasteiger partial charge in [-0.1, -0.05) is 41.4 Å². The first-order chi connectivity index (χ1) is 13.1. The summed E-state index contributed by atoms with van der Waals surface area (Å²) in [6, 6.07) is 13.0. The molecule has 1 aromatic heterocycles. The Kier molecular flexibility index (Phi) is 4.72. The lowest BCUT2D eigenvalue weighted by molar-refractivity contribution is 0.0518. The van der Waals surface area contributed by atoms with Crippen LogP contribution in [0.4, 0.5) is 0 Å². The van der Waals surface area contributed by atoms with Crippen LogP contribution >= 0.6 is 23.2 Å². The lowest BCUT2D eigenvalue weighted by atomic mass is 10.0. The largest absolute Gasteiger partial charge is 0.461 e. The molecule has 27 heavy (non-hydrogen) atoms. The predicted octanol–water partition coefficient (Wildman–Crippen LogP) is 4.71. The van der Waals surface area contributed by atoms with Crippen molar-refractivity contribution in [2.24, 2.45) is 4.99 Å². The summed E-state index contributed by atoms with van der Waals surface area (Å²) in [5, 5.41) is 1.18. The van der Waals surface area contributed by atoms with E-state index >= 15 is 0 Å². The van der Waals surface area contributed by atoms with E-state index in [1.165, 1.54) is 0 Å². The van der Waals surface area contributed by atoms with Gasteiger partial charge in [0.25, 0.3) is 0 Å². The second-order valence-corrected chi connectivity index (χ2v) is 6.78. The molecule has 3 aromatic rings. The topological polar surface area (TPSA) is 56.5 Å². The number of fused-ring (bicyclic) bond motifs is 3. The van der Waals surface area contributed by atoms with Gasteiger partial charge in [-0.05, 0) is 31.2 Å². The van der Waals surface area contributed by atoms with E-state index in [9.17, 15) is 4.79 Å². The van der Waals surface area contributed by atoms with Crippen LogP contribution in [0.3, 0.4) is 0 Å². The van der Waals surface area contributed by atoms with Crippen molar-refractivity contribution in [2.45, 2.75) is 13.5 Å². The maximum absolute atomic E-state index is 12.3. The molecule has 0 atom stereocenters. The Hall–Kier alpha value is -2.63. The van der Waals surface area contributed by atoms with E-state index in [0.717, 1.165) is 22.5 Å². The quantitative estimate of drug-likeness (QED) is 0.599. The fourth-order valence-electron chi connectivity index (χ4n) is 3.13. The average Bonchev–Trinajstić information content (AvgIpc) is 3.01. The third-order valence-electron chi connectivity index (χ3n) is 4.32. The van der Waals surface area contributed by atoms with Crippen LogP contribution in [0, 0.1) is 0 Å². The van der Waals surface area contributed by atoms with E-state index in [4.69, 9.17) is 32.9 Å². The fraction of sp³-hybridized carbons (Fsp3) is 0.150. The Bertz CT molecular complexity index is 1070. The van der Waals surface area contributed by atoms with Crippen LogP contribution in [-0.2, 0) is 11.3 Å². The highest BCUT2D eigenvalue weighted by Crippen LogP contribution is 2.30. The van der Waals surface area contributed by atoms with Crippen LogP contribution in [0.15, 0.2) is 53.8 Å². The molecule has 7 heteroatoms. The number of carbonyl (C=O) groups is 1. The summed E-state index contributed by atoms with van der Waals surface area (Å²) in [7, 11) is 0. The molecule has 0 fully saturated rings.